The number of hydrogen-bond donors (Lipinski definition) is 1. The van der Waals surface area contributed by atoms with Crippen LogP contribution in [0.15, 0.2) is 59.1 Å². The first kappa shape index (κ1) is 23.1. The smallest absolute Gasteiger partial charge is 0.220 e. The van der Waals surface area contributed by atoms with Crippen molar-refractivity contribution in [2.75, 3.05) is 13.1 Å². The minimum Gasteiger partial charge on any atom is -0.441 e. The molecule has 0 saturated carbocycles. The number of amides is 1. The summed E-state index contributed by atoms with van der Waals surface area (Å²) in [6, 6.07) is 14.3. The fourth-order valence-corrected chi connectivity index (χ4v) is 4.21. The van der Waals surface area contributed by atoms with Crippen LogP contribution in [0.5, 0.6) is 0 Å². The van der Waals surface area contributed by atoms with E-state index in [0.717, 1.165) is 30.8 Å². The first-order valence-electron chi connectivity index (χ1n) is 11.4. The molecule has 1 saturated heterocycles. The van der Waals surface area contributed by atoms with Gasteiger partial charge in [-0.1, -0.05) is 24.3 Å². The summed E-state index contributed by atoms with van der Waals surface area (Å²) < 4.78 is 24.6. The first-order chi connectivity index (χ1) is 16.0. The third-order valence-corrected chi connectivity index (χ3v) is 5.73. The van der Waals surface area contributed by atoms with Gasteiger partial charge in [-0.15, -0.1) is 0 Å². The topological polar surface area (TPSA) is 67.6 Å². The fraction of sp³-hybridized carbons (Fsp3) is 0.385. The maximum absolute atomic E-state index is 13.1. The van der Waals surface area contributed by atoms with Crippen molar-refractivity contribution in [1.82, 2.24) is 15.2 Å². The molecule has 0 bridgehead atoms. The second-order valence-electron chi connectivity index (χ2n) is 8.62. The van der Waals surface area contributed by atoms with Crippen molar-refractivity contribution < 1.29 is 18.3 Å². The first-order valence-corrected chi connectivity index (χ1v) is 11.4. The molecule has 1 amide bonds. The summed E-state index contributed by atoms with van der Waals surface area (Å²) in [6.45, 7) is 7.34. The summed E-state index contributed by atoms with van der Waals surface area (Å²) in [5, 5.41) is 3.02. The molecule has 0 radical (unpaired) electrons. The zero-order valence-corrected chi connectivity index (χ0v) is 19.1. The number of nitrogens with one attached hydrogen (secondary N) is 1. The zero-order chi connectivity index (χ0) is 23.2. The van der Waals surface area contributed by atoms with Gasteiger partial charge in [-0.25, -0.2) is 9.37 Å². The summed E-state index contributed by atoms with van der Waals surface area (Å²) in [7, 11) is 0. The molecule has 1 N–H and O–H groups in total. The molecule has 33 heavy (non-hydrogen) atoms. The molecule has 1 fully saturated rings. The summed E-state index contributed by atoms with van der Waals surface area (Å²) >= 11 is 0. The Morgan fingerprint density at radius 1 is 1.09 bits per heavy atom. The number of rotatable bonds is 8. The molecule has 1 aromatic heterocycles. The molecular formula is C26H30FN3O3. The van der Waals surface area contributed by atoms with E-state index in [1.165, 1.54) is 17.7 Å². The van der Waals surface area contributed by atoms with Gasteiger partial charge in [0.05, 0.1) is 18.4 Å². The zero-order valence-electron chi connectivity index (χ0n) is 19.1. The Morgan fingerprint density at radius 3 is 2.52 bits per heavy atom. The van der Waals surface area contributed by atoms with E-state index in [0.29, 0.717) is 24.6 Å². The average Bonchev–Trinajstić information content (AvgIpc) is 3.26. The highest BCUT2D eigenvalue weighted by Gasteiger charge is 2.22. The second-order valence-corrected chi connectivity index (χ2v) is 8.62. The number of benzene rings is 2. The van der Waals surface area contributed by atoms with E-state index in [1.807, 2.05) is 12.1 Å². The van der Waals surface area contributed by atoms with Crippen molar-refractivity contribution in [1.29, 1.82) is 0 Å². The Kier molecular flexibility index (Phi) is 7.52. The number of aromatic nitrogens is 1. The van der Waals surface area contributed by atoms with E-state index >= 15 is 0 Å². The highest BCUT2D eigenvalue weighted by Crippen LogP contribution is 2.21. The van der Waals surface area contributed by atoms with E-state index in [2.05, 4.69) is 41.2 Å². The lowest BCUT2D eigenvalue weighted by molar-refractivity contribution is -0.121. The molecule has 1 aliphatic rings. The lowest BCUT2D eigenvalue weighted by Crippen LogP contribution is -2.45. The largest absolute Gasteiger partial charge is 0.441 e. The Bertz CT molecular complexity index is 1060. The van der Waals surface area contributed by atoms with E-state index in [9.17, 15) is 9.18 Å². The van der Waals surface area contributed by atoms with Crippen LogP contribution in [0.1, 0.15) is 37.3 Å². The van der Waals surface area contributed by atoms with Crippen LogP contribution in [-0.4, -0.2) is 41.1 Å². The standard InChI is InChI=1S/C26H30FN3O3/c1-18-15-30(16-19(2)32-18)17-22-6-4-3-5-21(22)13-28-25(31)11-12-26-29-14-24(33-26)20-7-9-23(27)10-8-20/h3-10,14,18-19H,11-13,15-17H2,1-2H3,(H,28,31). The SMILES string of the molecule is CC1CN(Cc2ccccc2CNC(=O)CCc2ncc(-c3ccc(F)cc3)o2)CC(C)O1. The van der Waals surface area contributed by atoms with Crippen molar-refractivity contribution in [3.8, 4) is 11.3 Å². The molecule has 0 aliphatic carbocycles. The molecule has 6 nitrogen and oxygen atoms in total. The minimum absolute atomic E-state index is 0.0556. The Morgan fingerprint density at radius 2 is 1.79 bits per heavy atom. The fourth-order valence-electron chi connectivity index (χ4n) is 4.21. The van der Waals surface area contributed by atoms with Gasteiger partial charge in [0, 0.05) is 44.6 Å². The van der Waals surface area contributed by atoms with E-state index < -0.39 is 0 Å². The molecule has 2 aromatic carbocycles. The maximum Gasteiger partial charge on any atom is 0.220 e. The number of carbonyl (C=O) groups excluding carboxylic acids is 1. The quantitative estimate of drug-likeness (QED) is 0.552. The van der Waals surface area contributed by atoms with Crippen LogP contribution in [0.3, 0.4) is 0 Å². The Balaban J connectivity index is 1.28. The molecule has 0 spiro atoms. The Hall–Kier alpha value is -3.03. The lowest BCUT2D eigenvalue weighted by atomic mass is 10.1. The number of hydrogen-bond acceptors (Lipinski definition) is 5. The highest BCUT2D eigenvalue weighted by molar-refractivity contribution is 5.76. The van der Waals surface area contributed by atoms with E-state index in [-0.39, 0.29) is 30.4 Å². The number of nitrogens with zero attached hydrogens (tertiary/aromatic N) is 2. The van der Waals surface area contributed by atoms with Gasteiger partial charge in [0.2, 0.25) is 5.91 Å². The molecule has 174 valence electrons. The van der Waals surface area contributed by atoms with Crippen LogP contribution in [0, 0.1) is 5.82 Å². The van der Waals surface area contributed by atoms with Gasteiger partial charge in [-0.05, 0) is 49.2 Å². The maximum atomic E-state index is 13.1. The van der Waals surface area contributed by atoms with Crippen molar-refractivity contribution in [3.63, 3.8) is 0 Å². The van der Waals surface area contributed by atoms with Gasteiger partial charge >= 0.3 is 0 Å². The molecular weight excluding hydrogens is 421 g/mol. The molecule has 2 atom stereocenters. The minimum atomic E-state index is -0.300. The second kappa shape index (κ2) is 10.7. The van der Waals surface area contributed by atoms with Crippen molar-refractivity contribution in [2.24, 2.45) is 0 Å². The number of morpholine rings is 1. The van der Waals surface area contributed by atoms with Gasteiger partial charge in [-0.3, -0.25) is 9.69 Å². The average molecular weight is 452 g/mol. The predicted octanol–water partition coefficient (Wildman–Crippen LogP) is 4.34. The molecule has 4 rings (SSSR count). The van der Waals surface area contributed by atoms with Gasteiger partial charge in [0.1, 0.15) is 5.82 Å². The summed E-state index contributed by atoms with van der Waals surface area (Å²) in [5.41, 5.74) is 3.09. The van der Waals surface area contributed by atoms with Gasteiger partial charge < -0.3 is 14.5 Å². The molecule has 7 heteroatoms. The molecule has 1 aliphatic heterocycles. The molecule has 3 aromatic rings. The summed E-state index contributed by atoms with van der Waals surface area (Å²) in [4.78, 5) is 19.1. The highest BCUT2D eigenvalue weighted by atomic mass is 19.1. The summed E-state index contributed by atoms with van der Waals surface area (Å²) in [5.74, 6) is 0.692. The normalized spacial score (nSPS) is 18.9. The third-order valence-electron chi connectivity index (χ3n) is 5.73. The van der Waals surface area contributed by atoms with Crippen molar-refractivity contribution >= 4 is 5.91 Å². The van der Waals surface area contributed by atoms with Gasteiger partial charge in [-0.2, -0.15) is 0 Å². The number of oxazole rings is 1. The predicted molar refractivity (Wildman–Crippen MR) is 124 cm³/mol. The molecule has 2 unspecified atom stereocenters. The monoisotopic (exact) mass is 451 g/mol. The lowest BCUT2D eigenvalue weighted by Gasteiger charge is -2.35. The third kappa shape index (κ3) is 6.49. The van der Waals surface area contributed by atoms with Crippen LogP contribution in [0.2, 0.25) is 0 Å². The number of carbonyl (C=O) groups is 1. The molecule has 2 heterocycles. The van der Waals surface area contributed by atoms with Crippen molar-refractivity contribution in [3.05, 3.63) is 77.6 Å². The Labute approximate surface area is 193 Å². The van der Waals surface area contributed by atoms with Gasteiger partial charge in [0.25, 0.3) is 0 Å². The van der Waals surface area contributed by atoms with E-state index in [4.69, 9.17) is 9.15 Å². The van der Waals surface area contributed by atoms with Crippen LogP contribution < -0.4 is 5.32 Å². The van der Waals surface area contributed by atoms with Crippen molar-refractivity contribution in [2.45, 2.75) is 52.0 Å². The number of halogens is 1. The number of aryl methyl sites for hydroxylation is 1. The summed E-state index contributed by atoms with van der Waals surface area (Å²) in [6.07, 6.45) is 2.73. The van der Waals surface area contributed by atoms with Crippen LogP contribution in [0.25, 0.3) is 11.3 Å². The van der Waals surface area contributed by atoms with Crippen LogP contribution >= 0.6 is 0 Å². The van der Waals surface area contributed by atoms with Gasteiger partial charge in [0.15, 0.2) is 11.7 Å². The number of ether oxygens (including phenoxy) is 1. The van der Waals surface area contributed by atoms with Crippen LogP contribution in [0.4, 0.5) is 4.39 Å². The van der Waals surface area contributed by atoms with Crippen LogP contribution in [-0.2, 0) is 29.0 Å². The van der Waals surface area contributed by atoms with E-state index in [1.54, 1.807) is 18.3 Å².